The first kappa shape index (κ1) is 20.4. The van der Waals surface area contributed by atoms with Gasteiger partial charge in [0.25, 0.3) is 0 Å². The Balaban J connectivity index is 2.20. The van der Waals surface area contributed by atoms with Gasteiger partial charge >= 0.3 is 12.1 Å². The molecule has 0 aromatic heterocycles. The van der Waals surface area contributed by atoms with Crippen LogP contribution in [0, 0.1) is 17.8 Å². The third-order valence-corrected chi connectivity index (χ3v) is 4.71. The highest BCUT2D eigenvalue weighted by Crippen LogP contribution is 2.41. The average Bonchev–Trinajstić information content (AvgIpc) is 3.17. The Morgan fingerprint density at radius 3 is 2.31 bits per heavy atom. The minimum absolute atomic E-state index is 0.0367. The molecule has 2 fully saturated rings. The van der Waals surface area contributed by atoms with E-state index in [-0.39, 0.29) is 31.4 Å². The highest BCUT2D eigenvalue weighted by atomic mass is 16.6. The van der Waals surface area contributed by atoms with E-state index in [4.69, 9.17) is 9.47 Å². The molecular formula is C19H29NO6. The Kier molecular flexibility index (Phi) is 6.11. The quantitative estimate of drug-likeness (QED) is 0.592. The van der Waals surface area contributed by atoms with Gasteiger partial charge in [-0.2, -0.15) is 0 Å². The summed E-state index contributed by atoms with van der Waals surface area (Å²) in [4.78, 5) is 39.1. The second-order valence-electron chi connectivity index (χ2n) is 7.98. The second-order valence-corrected chi connectivity index (χ2v) is 7.98. The fourth-order valence-corrected chi connectivity index (χ4v) is 3.43. The van der Waals surface area contributed by atoms with Gasteiger partial charge in [0.2, 0.25) is 5.91 Å². The van der Waals surface area contributed by atoms with Crippen molar-refractivity contribution in [3.63, 3.8) is 0 Å². The molecule has 0 aliphatic heterocycles. The zero-order valence-electron chi connectivity index (χ0n) is 15.9. The SMILES string of the molecule is C=CC1CC1N(C(=O)OCC)C(=O)C1CC(O)CC1C(=O)OC(C)(C)C. The molecular weight excluding hydrogens is 338 g/mol. The van der Waals surface area contributed by atoms with Gasteiger partial charge in [0.15, 0.2) is 0 Å². The molecule has 26 heavy (non-hydrogen) atoms. The molecule has 2 aliphatic carbocycles. The number of rotatable bonds is 5. The molecule has 5 unspecified atom stereocenters. The van der Waals surface area contributed by atoms with Crippen LogP contribution < -0.4 is 0 Å². The van der Waals surface area contributed by atoms with Gasteiger partial charge in [-0.15, -0.1) is 6.58 Å². The molecule has 2 aliphatic rings. The summed E-state index contributed by atoms with van der Waals surface area (Å²) in [6.07, 6.45) is 1.14. The van der Waals surface area contributed by atoms with E-state index in [1.807, 2.05) is 0 Å². The molecule has 0 aromatic carbocycles. The van der Waals surface area contributed by atoms with Gasteiger partial charge in [0, 0.05) is 0 Å². The van der Waals surface area contributed by atoms with Crippen molar-refractivity contribution >= 4 is 18.0 Å². The summed E-state index contributed by atoms with van der Waals surface area (Å²) in [7, 11) is 0. The standard InChI is InChI=1S/C19H29NO6/c1-6-11-8-15(11)20(18(24)25-7-2)16(22)13-9-12(21)10-14(13)17(23)26-19(3,4)5/h6,11-15,21H,1,7-10H2,2-5H3. The maximum atomic E-state index is 13.1. The van der Waals surface area contributed by atoms with Crippen LogP contribution in [0.3, 0.4) is 0 Å². The topological polar surface area (TPSA) is 93.1 Å². The van der Waals surface area contributed by atoms with E-state index in [9.17, 15) is 19.5 Å². The highest BCUT2D eigenvalue weighted by Gasteiger charge is 2.52. The van der Waals surface area contributed by atoms with Crippen LogP contribution >= 0.6 is 0 Å². The summed E-state index contributed by atoms with van der Waals surface area (Å²) in [5.74, 6) is -2.53. The van der Waals surface area contributed by atoms with Crippen molar-refractivity contribution in [3.05, 3.63) is 12.7 Å². The highest BCUT2D eigenvalue weighted by molar-refractivity contribution is 5.96. The number of carbonyl (C=O) groups excluding carboxylic acids is 3. The lowest BCUT2D eigenvalue weighted by Gasteiger charge is -2.28. The van der Waals surface area contributed by atoms with Crippen LogP contribution in [0.5, 0.6) is 0 Å². The van der Waals surface area contributed by atoms with Crippen LogP contribution in [0.4, 0.5) is 4.79 Å². The van der Waals surface area contributed by atoms with E-state index in [1.54, 1.807) is 33.8 Å². The smallest absolute Gasteiger partial charge is 0.416 e. The Morgan fingerprint density at radius 1 is 1.19 bits per heavy atom. The van der Waals surface area contributed by atoms with Crippen LogP contribution in [-0.2, 0) is 19.1 Å². The largest absolute Gasteiger partial charge is 0.460 e. The lowest BCUT2D eigenvalue weighted by atomic mass is 9.94. The molecule has 0 spiro atoms. The van der Waals surface area contributed by atoms with Gasteiger partial charge in [-0.3, -0.25) is 9.59 Å². The van der Waals surface area contributed by atoms with Gasteiger partial charge in [-0.25, -0.2) is 9.69 Å². The maximum absolute atomic E-state index is 13.1. The van der Waals surface area contributed by atoms with Crippen molar-refractivity contribution in [2.24, 2.45) is 17.8 Å². The molecule has 5 atom stereocenters. The maximum Gasteiger partial charge on any atom is 0.416 e. The first-order valence-electron chi connectivity index (χ1n) is 9.12. The minimum Gasteiger partial charge on any atom is -0.460 e. The number of aliphatic hydroxyl groups is 1. The monoisotopic (exact) mass is 367 g/mol. The first-order chi connectivity index (χ1) is 12.1. The summed E-state index contributed by atoms with van der Waals surface area (Å²) >= 11 is 0. The number of hydrogen-bond acceptors (Lipinski definition) is 6. The van der Waals surface area contributed by atoms with Crippen LogP contribution in [0.25, 0.3) is 0 Å². The molecule has 0 aromatic rings. The summed E-state index contributed by atoms with van der Waals surface area (Å²) in [5, 5.41) is 10.0. The summed E-state index contributed by atoms with van der Waals surface area (Å²) in [5.41, 5.74) is -0.691. The average molecular weight is 367 g/mol. The molecule has 146 valence electrons. The van der Waals surface area contributed by atoms with Crippen molar-refractivity contribution in [1.82, 2.24) is 4.90 Å². The van der Waals surface area contributed by atoms with E-state index >= 15 is 0 Å². The van der Waals surface area contributed by atoms with Crippen LogP contribution in [0.15, 0.2) is 12.7 Å². The number of imide groups is 1. The van der Waals surface area contributed by atoms with Crippen LogP contribution in [0.1, 0.15) is 47.0 Å². The molecule has 2 amide bonds. The predicted octanol–water partition coefficient (Wildman–Crippen LogP) is 2.27. The molecule has 1 N–H and O–H groups in total. The molecule has 0 bridgehead atoms. The second kappa shape index (κ2) is 7.78. The van der Waals surface area contributed by atoms with Crippen molar-refractivity contribution in [3.8, 4) is 0 Å². The Labute approximate surface area is 154 Å². The van der Waals surface area contributed by atoms with E-state index < -0.39 is 41.5 Å². The third kappa shape index (κ3) is 4.63. The number of hydrogen-bond donors (Lipinski definition) is 1. The molecule has 2 rings (SSSR count). The van der Waals surface area contributed by atoms with Gasteiger partial charge in [0.1, 0.15) is 5.60 Å². The number of ether oxygens (including phenoxy) is 2. The van der Waals surface area contributed by atoms with E-state index in [0.717, 1.165) is 4.90 Å². The van der Waals surface area contributed by atoms with Gasteiger partial charge in [-0.05, 0) is 52.9 Å². The third-order valence-electron chi connectivity index (χ3n) is 4.71. The molecule has 7 nitrogen and oxygen atoms in total. The zero-order chi connectivity index (χ0) is 19.6. The number of nitrogens with zero attached hydrogens (tertiary/aromatic N) is 1. The molecule has 0 radical (unpaired) electrons. The van der Waals surface area contributed by atoms with Crippen molar-refractivity contribution in [1.29, 1.82) is 0 Å². The lowest BCUT2D eigenvalue weighted by Crippen LogP contribution is -2.45. The van der Waals surface area contributed by atoms with Crippen molar-refractivity contribution in [2.45, 2.75) is 64.7 Å². The van der Waals surface area contributed by atoms with Gasteiger partial charge < -0.3 is 14.6 Å². The number of esters is 1. The summed E-state index contributed by atoms with van der Waals surface area (Å²) in [6, 6.07) is -0.295. The van der Waals surface area contributed by atoms with Crippen molar-refractivity contribution < 1.29 is 29.0 Å². The molecule has 0 saturated heterocycles. The van der Waals surface area contributed by atoms with Gasteiger partial charge in [0.05, 0.1) is 30.6 Å². The predicted molar refractivity (Wildman–Crippen MR) is 94.0 cm³/mol. The first-order valence-corrected chi connectivity index (χ1v) is 9.12. The Morgan fingerprint density at radius 2 is 1.81 bits per heavy atom. The van der Waals surface area contributed by atoms with Crippen LogP contribution in [0.2, 0.25) is 0 Å². The van der Waals surface area contributed by atoms with E-state index in [1.165, 1.54) is 0 Å². The lowest BCUT2D eigenvalue weighted by molar-refractivity contribution is -0.164. The molecule has 7 heteroatoms. The number of carbonyl (C=O) groups is 3. The van der Waals surface area contributed by atoms with E-state index in [2.05, 4.69) is 6.58 Å². The van der Waals surface area contributed by atoms with E-state index in [0.29, 0.717) is 6.42 Å². The number of aliphatic hydroxyl groups excluding tert-OH is 1. The zero-order valence-corrected chi connectivity index (χ0v) is 15.9. The fraction of sp³-hybridized carbons (Fsp3) is 0.737. The fourth-order valence-electron chi connectivity index (χ4n) is 3.43. The van der Waals surface area contributed by atoms with Crippen molar-refractivity contribution in [2.75, 3.05) is 6.61 Å². The molecule has 0 heterocycles. The Hall–Kier alpha value is -1.89. The summed E-state index contributed by atoms with van der Waals surface area (Å²) in [6.45, 7) is 10.8. The Bertz CT molecular complexity index is 581. The van der Waals surface area contributed by atoms with Crippen LogP contribution in [-0.4, -0.2) is 52.3 Å². The molecule has 2 saturated carbocycles. The van der Waals surface area contributed by atoms with Gasteiger partial charge in [-0.1, -0.05) is 6.08 Å². The minimum atomic E-state index is -0.796. The number of amides is 2. The normalized spacial score (nSPS) is 30.4. The summed E-state index contributed by atoms with van der Waals surface area (Å²) < 4.78 is 10.4.